The number of amides is 1. The second-order valence-corrected chi connectivity index (χ2v) is 4.92. The van der Waals surface area contributed by atoms with Crippen molar-refractivity contribution in [3.8, 4) is 5.88 Å². The van der Waals surface area contributed by atoms with Crippen molar-refractivity contribution in [1.29, 1.82) is 0 Å². The molecule has 0 aromatic carbocycles. The molecule has 1 amide bonds. The zero-order chi connectivity index (χ0) is 15.4. The molecule has 7 heteroatoms. The highest BCUT2D eigenvalue weighted by atomic mass is 16.5. The maximum absolute atomic E-state index is 12.4. The van der Waals surface area contributed by atoms with Gasteiger partial charge in [0.25, 0.3) is 5.91 Å². The fourth-order valence-corrected chi connectivity index (χ4v) is 2.38. The van der Waals surface area contributed by atoms with E-state index in [2.05, 4.69) is 19.9 Å². The Morgan fingerprint density at radius 2 is 2.00 bits per heavy atom. The Morgan fingerprint density at radius 1 is 1.18 bits per heavy atom. The minimum atomic E-state index is 0.0133. The van der Waals surface area contributed by atoms with Crippen molar-refractivity contribution in [1.82, 2.24) is 19.9 Å². The van der Waals surface area contributed by atoms with Crippen LogP contribution >= 0.6 is 0 Å². The van der Waals surface area contributed by atoms with Crippen LogP contribution in [0.4, 0.5) is 5.95 Å². The lowest BCUT2D eigenvalue weighted by Gasteiger charge is -2.34. The highest BCUT2D eigenvalue weighted by Crippen LogP contribution is 2.15. The van der Waals surface area contributed by atoms with Gasteiger partial charge < -0.3 is 14.5 Å². The van der Waals surface area contributed by atoms with Gasteiger partial charge in [-0.1, -0.05) is 0 Å². The third-order valence-electron chi connectivity index (χ3n) is 3.58. The first-order chi connectivity index (χ1) is 10.8. The van der Waals surface area contributed by atoms with Gasteiger partial charge in [0.1, 0.15) is 0 Å². The van der Waals surface area contributed by atoms with Gasteiger partial charge in [0, 0.05) is 50.8 Å². The van der Waals surface area contributed by atoms with Gasteiger partial charge in [-0.2, -0.15) is 4.98 Å². The van der Waals surface area contributed by atoms with Crippen LogP contribution in [0, 0.1) is 0 Å². The number of anilines is 1. The zero-order valence-electron chi connectivity index (χ0n) is 12.3. The van der Waals surface area contributed by atoms with E-state index >= 15 is 0 Å². The van der Waals surface area contributed by atoms with Crippen LogP contribution in [0.1, 0.15) is 10.4 Å². The Balaban J connectivity index is 1.64. The Kier molecular flexibility index (Phi) is 4.13. The molecular formula is C15H17N5O2. The number of aromatic nitrogens is 3. The second-order valence-electron chi connectivity index (χ2n) is 4.92. The molecule has 7 nitrogen and oxygen atoms in total. The lowest BCUT2D eigenvalue weighted by atomic mass is 10.2. The number of rotatable bonds is 3. The van der Waals surface area contributed by atoms with Crippen LogP contribution < -0.4 is 9.64 Å². The first-order valence-electron chi connectivity index (χ1n) is 7.09. The monoisotopic (exact) mass is 299 g/mol. The average molecular weight is 299 g/mol. The van der Waals surface area contributed by atoms with Crippen LogP contribution in [0.2, 0.25) is 0 Å². The largest absolute Gasteiger partial charge is 0.481 e. The number of methoxy groups -OCH3 is 1. The lowest BCUT2D eigenvalue weighted by Crippen LogP contribution is -2.49. The van der Waals surface area contributed by atoms with Crippen molar-refractivity contribution in [3.05, 3.63) is 42.4 Å². The first kappa shape index (κ1) is 14.2. The van der Waals surface area contributed by atoms with Crippen LogP contribution in [0.3, 0.4) is 0 Å². The van der Waals surface area contributed by atoms with E-state index < -0.39 is 0 Å². The van der Waals surface area contributed by atoms with Crippen LogP contribution in [-0.4, -0.2) is 59.0 Å². The summed E-state index contributed by atoms with van der Waals surface area (Å²) >= 11 is 0. The molecule has 2 aromatic heterocycles. The van der Waals surface area contributed by atoms with Gasteiger partial charge in [-0.05, 0) is 12.1 Å². The van der Waals surface area contributed by atoms with Crippen LogP contribution in [0.25, 0.3) is 0 Å². The molecule has 0 unspecified atom stereocenters. The molecular weight excluding hydrogens is 282 g/mol. The molecule has 0 N–H and O–H groups in total. The van der Waals surface area contributed by atoms with Crippen LogP contribution in [-0.2, 0) is 0 Å². The molecule has 0 bridgehead atoms. The predicted molar refractivity (Wildman–Crippen MR) is 80.9 cm³/mol. The number of piperazine rings is 1. The summed E-state index contributed by atoms with van der Waals surface area (Å²) < 4.78 is 5.11. The van der Waals surface area contributed by atoms with Gasteiger partial charge >= 0.3 is 0 Å². The lowest BCUT2D eigenvalue weighted by molar-refractivity contribution is 0.0745. The second kappa shape index (κ2) is 6.38. The van der Waals surface area contributed by atoms with Crippen molar-refractivity contribution in [3.63, 3.8) is 0 Å². The third kappa shape index (κ3) is 2.98. The SMILES string of the molecule is COc1ccnc(N2CCN(C(=O)c3cccnc3)CC2)n1. The highest BCUT2D eigenvalue weighted by molar-refractivity contribution is 5.94. The fourth-order valence-electron chi connectivity index (χ4n) is 2.38. The Bertz CT molecular complexity index is 641. The fraction of sp³-hybridized carbons (Fsp3) is 0.333. The summed E-state index contributed by atoms with van der Waals surface area (Å²) in [6.07, 6.45) is 4.93. The molecule has 1 aliphatic rings. The van der Waals surface area contributed by atoms with Gasteiger partial charge in [-0.25, -0.2) is 4.98 Å². The van der Waals surface area contributed by atoms with E-state index in [1.54, 1.807) is 43.9 Å². The van der Waals surface area contributed by atoms with Gasteiger partial charge in [0.2, 0.25) is 11.8 Å². The Labute approximate surface area is 128 Å². The molecule has 2 aromatic rings. The molecule has 3 heterocycles. The molecule has 1 aliphatic heterocycles. The topological polar surface area (TPSA) is 71.5 Å². The number of pyridine rings is 1. The molecule has 0 spiro atoms. The number of carbonyl (C=O) groups is 1. The van der Waals surface area contributed by atoms with Crippen molar-refractivity contribution >= 4 is 11.9 Å². The third-order valence-corrected chi connectivity index (χ3v) is 3.58. The Hall–Kier alpha value is -2.70. The molecule has 0 radical (unpaired) electrons. The number of hydrogen-bond acceptors (Lipinski definition) is 6. The Morgan fingerprint density at radius 3 is 2.68 bits per heavy atom. The van der Waals surface area contributed by atoms with E-state index in [-0.39, 0.29) is 5.91 Å². The zero-order valence-corrected chi connectivity index (χ0v) is 12.3. The molecule has 22 heavy (non-hydrogen) atoms. The van der Waals surface area contributed by atoms with Crippen molar-refractivity contribution in [2.45, 2.75) is 0 Å². The van der Waals surface area contributed by atoms with Gasteiger partial charge in [-0.3, -0.25) is 9.78 Å². The standard InChI is InChI=1S/C15H17N5O2/c1-22-13-4-6-17-15(18-13)20-9-7-19(8-10-20)14(21)12-3-2-5-16-11-12/h2-6,11H,7-10H2,1H3. The van der Waals surface area contributed by atoms with Crippen LogP contribution in [0.15, 0.2) is 36.8 Å². The van der Waals surface area contributed by atoms with E-state index in [9.17, 15) is 4.79 Å². The van der Waals surface area contributed by atoms with Crippen molar-refractivity contribution in [2.75, 3.05) is 38.2 Å². The van der Waals surface area contributed by atoms with Crippen LogP contribution in [0.5, 0.6) is 5.88 Å². The highest BCUT2D eigenvalue weighted by Gasteiger charge is 2.23. The summed E-state index contributed by atoms with van der Waals surface area (Å²) in [4.78, 5) is 28.8. The quantitative estimate of drug-likeness (QED) is 0.836. The minimum Gasteiger partial charge on any atom is -0.481 e. The maximum atomic E-state index is 12.4. The molecule has 114 valence electrons. The van der Waals surface area contributed by atoms with E-state index in [1.165, 1.54) is 0 Å². The number of nitrogens with zero attached hydrogens (tertiary/aromatic N) is 5. The summed E-state index contributed by atoms with van der Waals surface area (Å²) in [6, 6.07) is 5.27. The molecule has 1 fully saturated rings. The summed E-state index contributed by atoms with van der Waals surface area (Å²) in [5.74, 6) is 1.19. The minimum absolute atomic E-state index is 0.0133. The summed E-state index contributed by atoms with van der Waals surface area (Å²) in [7, 11) is 1.58. The van der Waals surface area contributed by atoms with E-state index in [0.29, 0.717) is 43.6 Å². The molecule has 3 rings (SSSR count). The summed E-state index contributed by atoms with van der Waals surface area (Å²) in [5.41, 5.74) is 0.619. The molecule has 0 aliphatic carbocycles. The van der Waals surface area contributed by atoms with E-state index in [0.717, 1.165) is 0 Å². The predicted octanol–water partition coefficient (Wildman–Crippen LogP) is 0.843. The van der Waals surface area contributed by atoms with E-state index in [1.807, 2.05) is 4.90 Å². The van der Waals surface area contributed by atoms with Gasteiger partial charge in [-0.15, -0.1) is 0 Å². The first-order valence-corrected chi connectivity index (χ1v) is 7.09. The smallest absolute Gasteiger partial charge is 0.255 e. The molecule has 0 saturated carbocycles. The van der Waals surface area contributed by atoms with Gasteiger partial charge in [0.15, 0.2) is 0 Å². The van der Waals surface area contributed by atoms with Crippen molar-refractivity contribution in [2.24, 2.45) is 0 Å². The number of carbonyl (C=O) groups excluding carboxylic acids is 1. The summed E-state index contributed by atoms with van der Waals surface area (Å²) in [5, 5.41) is 0. The average Bonchev–Trinajstić information content (AvgIpc) is 2.62. The number of ether oxygens (including phenoxy) is 1. The maximum Gasteiger partial charge on any atom is 0.255 e. The summed E-state index contributed by atoms with van der Waals surface area (Å²) in [6.45, 7) is 2.65. The normalized spacial score (nSPS) is 14.8. The van der Waals surface area contributed by atoms with Gasteiger partial charge in [0.05, 0.1) is 12.7 Å². The number of hydrogen-bond donors (Lipinski definition) is 0. The molecule has 0 atom stereocenters. The van der Waals surface area contributed by atoms with Crippen molar-refractivity contribution < 1.29 is 9.53 Å². The molecule has 1 saturated heterocycles. The van der Waals surface area contributed by atoms with E-state index in [4.69, 9.17) is 4.74 Å².